The zero-order valence-corrected chi connectivity index (χ0v) is 7.74. The smallest absolute Gasteiger partial charge is 0.0545 e. The predicted octanol–water partition coefficient (Wildman–Crippen LogP) is 1.13. The van der Waals surface area contributed by atoms with E-state index in [1.807, 2.05) is 0 Å². The molecule has 2 saturated carbocycles. The quantitative estimate of drug-likeness (QED) is 0.651. The van der Waals surface area contributed by atoms with Crippen LogP contribution in [0.1, 0.15) is 32.6 Å². The molecule has 0 aromatic heterocycles. The van der Waals surface area contributed by atoms with Gasteiger partial charge in [-0.1, -0.05) is 0 Å². The maximum Gasteiger partial charge on any atom is 0.0545 e. The highest BCUT2D eigenvalue weighted by Crippen LogP contribution is 2.52. The van der Waals surface area contributed by atoms with Crippen LogP contribution < -0.4 is 5.73 Å². The average Bonchev–Trinajstić information content (AvgIpc) is 2.24. The van der Waals surface area contributed by atoms with E-state index < -0.39 is 0 Å². The molecule has 0 spiro atoms. The van der Waals surface area contributed by atoms with E-state index in [1.165, 1.54) is 6.42 Å². The van der Waals surface area contributed by atoms with Crippen LogP contribution in [0.15, 0.2) is 0 Å². The van der Waals surface area contributed by atoms with Gasteiger partial charge in [0.1, 0.15) is 0 Å². The first-order valence-electron chi connectivity index (χ1n) is 5.10. The molecule has 2 aliphatic carbocycles. The summed E-state index contributed by atoms with van der Waals surface area (Å²) in [5.41, 5.74) is 5.76. The minimum atomic E-state index is -0.00178. The highest BCUT2D eigenvalue weighted by Gasteiger charge is 2.46. The minimum absolute atomic E-state index is 0.00178. The Bertz CT molecular complexity index is 169. The first kappa shape index (κ1) is 8.52. The summed E-state index contributed by atoms with van der Waals surface area (Å²) in [5, 5.41) is 9.43. The highest BCUT2D eigenvalue weighted by molar-refractivity contribution is 4.97. The molecule has 3 N–H and O–H groups in total. The number of hydrogen-bond donors (Lipinski definition) is 2. The Morgan fingerprint density at radius 3 is 2.75 bits per heavy atom. The molecule has 0 aromatic rings. The fourth-order valence-corrected chi connectivity index (χ4v) is 3.09. The van der Waals surface area contributed by atoms with Crippen LogP contribution in [0.3, 0.4) is 0 Å². The molecule has 70 valence electrons. The molecule has 0 amide bonds. The fraction of sp³-hybridized carbons (Fsp3) is 1.00. The number of aliphatic hydroxyl groups excluding tert-OH is 1. The van der Waals surface area contributed by atoms with E-state index in [9.17, 15) is 5.11 Å². The molecule has 2 nitrogen and oxygen atoms in total. The van der Waals surface area contributed by atoms with Crippen LogP contribution in [0.5, 0.6) is 0 Å². The van der Waals surface area contributed by atoms with Crippen LogP contribution in [0, 0.1) is 17.8 Å². The Hall–Kier alpha value is -0.0800. The zero-order chi connectivity index (χ0) is 8.72. The SMILES string of the molecule is CC(N)CC1C[C@H]2CC(O)CC12. The minimum Gasteiger partial charge on any atom is -0.393 e. The number of rotatable bonds is 2. The van der Waals surface area contributed by atoms with Crippen molar-refractivity contribution in [3.8, 4) is 0 Å². The van der Waals surface area contributed by atoms with Gasteiger partial charge in [-0.15, -0.1) is 0 Å². The molecule has 0 bridgehead atoms. The van der Waals surface area contributed by atoms with Crippen LogP contribution in [0.2, 0.25) is 0 Å². The van der Waals surface area contributed by atoms with Crippen molar-refractivity contribution in [2.45, 2.75) is 44.8 Å². The Morgan fingerprint density at radius 2 is 2.17 bits per heavy atom. The Labute approximate surface area is 74.1 Å². The maximum atomic E-state index is 9.43. The van der Waals surface area contributed by atoms with Crippen molar-refractivity contribution < 1.29 is 5.11 Å². The third-order valence-electron chi connectivity index (χ3n) is 3.61. The van der Waals surface area contributed by atoms with Gasteiger partial charge in [0.25, 0.3) is 0 Å². The van der Waals surface area contributed by atoms with Gasteiger partial charge in [-0.25, -0.2) is 0 Å². The summed E-state index contributed by atoms with van der Waals surface area (Å²) in [6.45, 7) is 2.08. The van der Waals surface area contributed by atoms with Crippen LogP contribution >= 0.6 is 0 Å². The van der Waals surface area contributed by atoms with Gasteiger partial charge < -0.3 is 10.8 Å². The van der Waals surface area contributed by atoms with Gasteiger partial charge in [0.15, 0.2) is 0 Å². The van der Waals surface area contributed by atoms with Gasteiger partial charge in [0.2, 0.25) is 0 Å². The summed E-state index contributed by atoms with van der Waals surface area (Å²) in [5.74, 6) is 2.47. The van der Waals surface area contributed by atoms with Crippen LogP contribution in [0.4, 0.5) is 0 Å². The van der Waals surface area contributed by atoms with E-state index in [-0.39, 0.29) is 6.10 Å². The lowest BCUT2D eigenvalue weighted by Gasteiger charge is -2.41. The third-order valence-corrected chi connectivity index (χ3v) is 3.61. The largest absolute Gasteiger partial charge is 0.393 e. The lowest BCUT2D eigenvalue weighted by atomic mass is 9.65. The van der Waals surface area contributed by atoms with E-state index in [2.05, 4.69) is 6.92 Å². The van der Waals surface area contributed by atoms with E-state index in [4.69, 9.17) is 5.73 Å². The average molecular weight is 169 g/mol. The standard InChI is InChI=1S/C10H19NO/c1-6(11)2-7-3-8-4-9(12)5-10(7)8/h6-10,12H,2-5,11H2,1H3/t6?,7?,8-,9?,10?/m0/s1. The molecule has 5 atom stereocenters. The van der Waals surface area contributed by atoms with Crippen molar-refractivity contribution >= 4 is 0 Å². The predicted molar refractivity (Wildman–Crippen MR) is 48.6 cm³/mol. The number of nitrogens with two attached hydrogens (primary N) is 1. The summed E-state index contributed by atoms with van der Waals surface area (Å²) in [4.78, 5) is 0. The molecule has 12 heavy (non-hydrogen) atoms. The van der Waals surface area contributed by atoms with Crippen LogP contribution in [-0.4, -0.2) is 17.3 Å². The van der Waals surface area contributed by atoms with Gasteiger partial charge >= 0.3 is 0 Å². The molecule has 2 heteroatoms. The number of hydrogen-bond acceptors (Lipinski definition) is 2. The van der Waals surface area contributed by atoms with E-state index in [0.29, 0.717) is 6.04 Å². The van der Waals surface area contributed by atoms with Crippen molar-refractivity contribution in [3.63, 3.8) is 0 Å². The van der Waals surface area contributed by atoms with E-state index >= 15 is 0 Å². The molecular formula is C10H19NO. The normalized spacial score (nSPS) is 48.2. The molecule has 0 radical (unpaired) electrons. The molecule has 0 saturated heterocycles. The fourth-order valence-electron chi connectivity index (χ4n) is 3.09. The van der Waals surface area contributed by atoms with E-state index in [0.717, 1.165) is 37.0 Å². The molecule has 2 aliphatic rings. The summed E-state index contributed by atoms with van der Waals surface area (Å²) in [6, 6.07) is 0.341. The summed E-state index contributed by atoms with van der Waals surface area (Å²) < 4.78 is 0. The summed E-state index contributed by atoms with van der Waals surface area (Å²) in [6.07, 6.45) is 4.58. The molecule has 0 aromatic carbocycles. The lowest BCUT2D eigenvalue weighted by Crippen LogP contribution is -2.36. The molecule has 4 unspecified atom stereocenters. The Kier molecular flexibility index (Phi) is 2.13. The van der Waals surface area contributed by atoms with Gasteiger partial charge in [0.05, 0.1) is 6.10 Å². The molecule has 0 heterocycles. The molecular weight excluding hydrogens is 150 g/mol. The Morgan fingerprint density at radius 1 is 1.42 bits per heavy atom. The van der Waals surface area contributed by atoms with Gasteiger partial charge in [-0.05, 0) is 50.4 Å². The zero-order valence-electron chi connectivity index (χ0n) is 7.74. The first-order valence-corrected chi connectivity index (χ1v) is 5.10. The van der Waals surface area contributed by atoms with Gasteiger partial charge in [-0.2, -0.15) is 0 Å². The summed E-state index contributed by atoms with van der Waals surface area (Å²) in [7, 11) is 0. The monoisotopic (exact) mass is 169 g/mol. The number of fused-ring (bicyclic) bond motifs is 1. The van der Waals surface area contributed by atoms with E-state index in [1.54, 1.807) is 0 Å². The second kappa shape index (κ2) is 3.00. The van der Waals surface area contributed by atoms with Crippen LogP contribution in [-0.2, 0) is 0 Å². The lowest BCUT2D eigenvalue weighted by molar-refractivity contribution is 0.0895. The van der Waals surface area contributed by atoms with Crippen molar-refractivity contribution in [1.29, 1.82) is 0 Å². The molecule has 2 rings (SSSR count). The molecule has 2 fully saturated rings. The molecule has 0 aliphatic heterocycles. The number of aliphatic hydroxyl groups is 1. The first-order chi connectivity index (χ1) is 5.66. The Balaban J connectivity index is 1.83. The van der Waals surface area contributed by atoms with Crippen molar-refractivity contribution in [1.82, 2.24) is 0 Å². The topological polar surface area (TPSA) is 46.2 Å². The van der Waals surface area contributed by atoms with Crippen molar-refractivity contribution in [2.24, 2.45) is 23.5 Å². The second-order valence-corrected chi connectivity index (χ2v) is 4.76. The highest BCUT2D eigenvalue weighted by atomic mass is 16.3. The van der Waals surface area contributed by atoms with Crippen molar-refractivity contribution in [3.05, 3.63) is 0 Å². The summed E-state index contributed by atoms with van der Waals surface area (Å²) >= 11 is 0. The second-order valence-electron chi connectivity index (χ2n) is 4.76. The van der Waals surface area contributed by atoms with Crippen molar-refractivity contribution in [2.75, 3.05) is 0 Å². The third kappa shape index (κ3) is 1.38. The maximum absolute atomic E-state index is 9.43. The van der Waals surface area contributed by atoms with Gasteiger partial charge in [-0.3, -0.25) is 0 Å². The van der Waals surface area contributed by atoms with Crippen LogP contribution in [0.25, 0.3) is 0 Å². The van der Waals surface area contributed by atoms with Gasteiger partial charge in [0, 0.05) is 6.04 Å².